The molecule has 0 bridgehead atoms. The second-order valence-electron chi connectivity index (χ2n) is 7.66. The molecule has 3 nitrogen and oxygen atoms in total. The third kappa shape index (κ3) is 5.06. The number of hydrogen-bond donors (Lipinski definition) is 0. The van der Waals surface area contributed by atoms with Gasteiger partial charge in [0.2, 0.25) is 0 Å². The molecule has 4 rings (SSSR count). The molecule has 0 aliphatic carbocycles. The van der Waals surface area contributed by atoms with Gasteiger partial charge in [-0.05, 0) is 29.2 Å². The largest absolute Gasteiger partial charge is 0.496 e. The smallest absolute Gasteiger partial charge is 0.122 e. The Hall–Kier alpha value is -2.62. The van der Waals surface area contributed by atoms with Crippen molar-refractivity contribution >= 4 is 0 Å². The molecule has 0 spiro atoms. The van der Waals surface area contributed by atoms with Gasteiger partial charge in [0.15, 0.2) is 0 Å². The van der Waals surface area contributed by atoms with Gasteiger partial charge in [0, 0.05) is 25.6 Å². The third-order valence-electron chi connectivity index (χ3n) is 5.74. The van der Waals surface area contributed by atoms with E-state index in [2.05, 4.69) is 77.7 Å². The minimum atomic E-state index is 0.153. The van der Waals surface area contributed by atoms with Crippen LogP contribution in [0.4, 0.5) is 0 Å². The lowest BCUT2D eigenvalue weighted by Crippen LogP contribution is -2.45. The fourth-order valence-corrected chi connectivity index (χ4v) is 4.23. The zero-order valence-corrected chi connectivity index (χ0v) is 17.0. The molecule has 0 aromatic heterocycles. The summed E-state index contributed by atoms with van der Waals surface area (Å²) in [6, 6.07) is 29.8. The molecule has 29 heavy (non-hydrogen) atoms. The molecule has 1 saturated heterocycles. The van der Waals surface area contributed by atoms with Gasteiger partial charge in [-0.1, -0.05) is 78.9 Å². The maximum Gasteiger partial charge on any atom is 0.122 e. The number of morpholine rings is 1. The van der Waals surface area contributed by atoms with E-state index in [9.17, 15) is 0 Å². The predicted molar refractivity (Wildman–Crippen MR) is 117 cm³/mol. The third-order valence-corrected chi connectivity index (χ3v) is 5.74. The fourth-order valence-electron chi connectivity index (χ4n) is 4.23. The molecule has 1 heterocycles. The van der Waals surface area contributed by atoms with Crippen molar-refractivity contribution in [3.05, 3.63) is 102 Å². The number of benzene rings is 3. The number of hydrogen-bond acceptors (Lipinski definition) is 3. The molecule has 0 saturated carbocycles. The molecule has 1 aliphatic rings. The molecule has 3 heteroatoms. The first kappa shape index (κ1) is 19.7. The standard InChI is InChI=1S/C26H29NO2/c1-28-25-15-9-8-14-23(25)18-24(22-12-6-3-7-13-22)26-20-27(16-17-29-26)19-21-10-4-2-5-11-21/h2-15,24,26H,16-20H2,1H3/t24-,26-/m0/s1. The van der Waals surface area contributed by atoms with Crippen molar-refractivity contribution in [1.29, 1.82) is 0 Å². The number of rotatable bonds is 7. The van der Waals surface area contributed by atoms with Crippen molar-refractivity contribution < 1.29 is 9.47 Å². The Balaban J connectivity index is 1.55. The van der Waals surface area contributed by atoms with Gasteiger partial charge < -0.3 is 9.47 Å². The van der Waals surface area contributed by atoms with E-state index in [1.165, 1.54) is 16.7 Å². The highest BCUT2D eigenvalue weighted by Crippen LogP contribution is 2.32. The van der Waals surface area contributed by atoms with Crippen molar-refractivity contribution in [2.45, 2.75) is 25.0 Å². The highest BCUT2D eigenvalue weighted by atomic mass is 16.5. The summed E-state index contributed by atoms with van der Waals surface area (Å²) in [6.45, 7) is 3.65. The summed E-state index contributed by atoms with van der Waals surface area (Å²) >= 11 is 0. The average molecular weight is 388 g/mol. The lowest BCUT2D eigenvalue weighted by molar-refractivity contribution is -0.0445. The predicted octanol–water partition coefficient (Wildman–Crippen LogP) is 4.92. The number of ether oxygens (including phenoxy) is 2. The van der Waals surface area contributed by atoms with Crippen LogP contribution in [0.3, 0.4) is 0 Å². The Labute approximate surface area is 173 Å². The molecule has 0 radical (unpaired) electrons. The summed E-state index contributed by atoms with van der Waals surface area (Å²) in [7, 11) is 1.75. The molecule has 3 aromatic carbocycles. The van der Waals surface area contributed by atoms with Crippen LogP contribution in [-0.4, -0.2) is 37.8 Å². The van der Waals surface area contributed by atoms with Crippen LogP contribution >= 0.6 is 0 Å². The van der Waals surface area contributed by atoms with Crippen molar-refractivity contribution in [2.75, 3.05) is 26.8 Å². The van der Waals surface area contributed by atoms with Crippen molar-refractivity contribution in [3.8, 4) is 5.75 Å². The zero-order valence-electron chi connectivity index (χ0n) is 17.0. The lowest BCUT2D eigenvalue weighted by Gasteiger charge is -2.37. The van der Waals surface area contributed by atoms with E-state index in [0.29, 0.717) is 0 Å². The van der Waals surface area contributed by atoms with E-state index in [4.69, 9.17) is 9.47 Å². The van der Waals surface area contributed by atoms with Crippen molar-refractivity contribution in [1.82, 2.24) is 4.90 Å². The maximum atomic E-state index is 6.33. The monoisotopic (exact) mass is 387 g/mol. The Morgan fingerprint density at radius 2 is 1.62 bits per heavy atom. The normalized spacial score (nSPS) is 18.3. The van der Waals surface area contributed by atoms with Crippen LogP contribution in [0.25, 0.3) is 0 Å². The first-order valence-corrected chi connectivity index (χ1v) is 10.4. The summed E-state index contributed by atoms with van der Waals surface area (Å²) in [5, 5.41) is 0. The van der Waals surface area contributed by atoms with Gasteiger partial charge in [0.25, 0.3) is 0 Å². The summed E-state index contributed by atoms with van der Waals surface area (Å²) in [4.78, 5) is 2.52. The SMILES string of the molecule is COc1ccccc1C[C@@H](c1ccccc1)[C@@H]1CN(Cc2ccccc2)CCO1. The van der Waals surface area contributed by atoms with E-state index < -0.39 is 0 Å². The lowest BCUT2D eigenvalue weighted by atomic mass is 9.86. The van der Waals surface area contributed by atoms with Gasteiger partial charge in [-0.25, -0.2) is 0 Å². The molecule has 150 valence electrons. The first-order valence-electron chi connectivity index (χ1n) is 10.4. The van der Waals surface area contributed by atoms with Crippen LogP contribution < -0.4 is 4.74 Å². The van der Waals surface area contributed by atoms with Crippen LogP contribution in [0.5, 0.6) is 5.75 Å². The Morgan fingerprint density at radius 3 is 2.38 bits per heavy atom. The van der Waals surface area contributed by atoms with Crippen LogP contribution in [-0.2, 0) is 17.7 Å². The van der Waals surface area contributed by atoms with Gasteiger partial charge in [-0.15, -0.1) is 0 Å². The Bertz CT molecular complexity index is 881. The maximum absolute atomic E-state index is 6.33. The zero-order chi connectivity index (χ0) is 19.9. The molecule has 0 N–H and O–H groups in total. The van der Waals surface area contributed by atoms with E-state index in [0.717, 1.165) is 38.4 Å². The number of para-hydroxylation sites is 1. The van der Waals surface area contributed by atoms with Gasteiger partial charge >= 0.3 is 0 Å². The van der Waals surface area contributed by atoms with Gasteiger partial charge in [0.05, 0.1) is 19.8 Å². The summed E-state index contributed by atoms with van der Waals surface area (Å²) < 4.78 is 11.9. The first-order chi connectivity index (χ1) is 14.3. The van der Waals surface area contributed by atoms with Gasteiger partial charge in [0.1, 0.15) is 5.75 Å². The summed E-state index contributed by atoms with van der Waals surface area (Å²) in [5.74, 6) is 1.23. The molecule has 3 aromatic rings. The highest BCUT2D eigenvalue weighted by molar-refractivity contribution is 5.36. The topological polar surface area (TPSA) is 21.7 Å². The minimum absolute atomic E-state index is 0.153. The van der Waals surface area contributed by atoms with E-state index >= 15 is 0 Å². The molecular formula is C26H29NO2. The summed E-state index contributed by atoms with van der Waals surface area (Å²) in [5.41, 5.74) is 3.91. The van der Waals surface area contributed by atoms with Crippen molar-refractivity contribution in [2.24, 2.45) is 0 Å². The van der Waals surface area contributed by atoms with Crippen LogP contribution in [0.15, 0.2) is 84.9 Å². The summed E-state index contributed by atoms with van der Waals surface area (Å²) in [6.07, 6.45) is 1.05. The molecule has 0 amide bonds. The van der Waals surface area contributed by atoms with Crippen LogP contribution in [0.2, 0.25) is 0 Å². The molecule has 2 atom stereocenters. The number of methoxy groups -OCH3 is 1. The fraction of sp³-hybridized carbons (Fsp3) is 0.308. The van der Waals surface area contributed by atoms with Gasteiger partial charge in [-0.2, -0.15) is 0 Å². The van der Waals surface area contributed by atoms with Crippen LogP contribution in [0, 0.1) is 0 Å². The molecule has 1 fully saturated rings. The molecular weight excluding hydrogens is 358 g/mol. The van der Waals surface area contributed by atoms with E-state index in [-0.39, 0.29) is 12.0 Å². The quantitative estimate of drug-likeness (QED) is 0.574. The van der Waals surface area contributed by atoms with Crippen LogP contribution in [0.1, 0.15) is 22.6 Å². The second-order valence-corrected chi connectivity index (χ2v) is 7.66. The highest BCUT2D eigenvalue weighted by Gasteiger charge is 2.30. The minimum Gasteiger partial charge on any atom is -0.496 e. The van der Waals surface area contributed by atoms with E-state index in [1.54, 1.807) is 7.11 Å². The average Bonchev–Trinajstić information content (AvgIpc) is 2.79. The molecule has 0 unspecified atom stereocenters. The number of nitrogens with zero attached hydrogens (tertiary/aromatic N) is 1. The van der Waals surface area contributed by atoms with Crippen molar-refractivity contribution in [3.63, 3.8) is 0 Å². The molecule has 1 aliphatic heterocycles. The van der Waals surface area contributed by atoms with E-state index in [1.807, 2.05) is 12.1 Å². The Morgan fingerprint density at radius 1 is 0.931 bits per heavy atom. The van der Waals surface area contributed by atoms with Gasteiger partial charge in [-0.3, -0.25) is 4.90 Å². The second kappa shape index (κ2) is 9.73. The Kier molecular flexibility index (Phi) is 6.60.